The third kappa shape index (κ3) is 5.25. The molecule has 3 aromatic rings. The number of carbonyl (C=O) groups excluding carboxylic acids is 2. The van der Waals surface area contributed by atoms with Gasteiger partial charge >= 0.3 is 0 Å². The topological polar surface area (TPSA) is 71.1 Å². The highest BCUT2D eigenvalue weighted by Crippen LogP contribution is 2.18. The molecule has 0 fully saturated rings. The Balaban J connectivity index is 1.60. The Morgan fingerprint density at radius 2 is 1.74 bits per heavy atom. The minimum absolute atomic E-state index is 0.0170. The van der Waals surface area contributed by atoms with Gasteiger partial charge in [-0.25, -0.2) is 4.98 Å². The largest absolute Gasteiger partial charge is 0.354 e. The molecule has 2 N–H and O–H groups in total. The van der Waals surface area contributed by atoms with E-state index in [2.05, 4.69) is 15.6 Å². The van der Waals surface area contributed by atoms with Crippen LogP contribution >= 0.6 is 0 Å². The first-order chi connectivity index (χ1) is 13.0. The summed E-state index contributed by atoms with van der Waals surface area (Å²) in [4.78, 5) is 27.9. The van der Waals surface area contributed by atoms with Gasteiger partial charge < -0.3 is 10.6 Å². The molecule has 5 nitrogen and oxygen atoms in total. The third-order valence-electron chi connectivity index (χ3n) is 4.07. The number of rotatable bonds is 6. The first-order valence-corrected chi connectivity index (χ1v) is 8.69. The van der Waals surface area contributed by atoms with Crippen LogP contribution in [0.2, 0.25) is 0 Å². The van der Waals surface area contributed by atoms with Gasteiger partial charge in [-0.05, 0) is 43.7 Å². The number of nitrogens with one attached hydrogen (secondary N) is 2. The molecule has 0 atom stereocenters. The molecule has 136 valence electrons. The molecule has 0 aliphatic rings. The van der Waals surface area contributed by atoms with Crippen LogP contribution in [0.1, 0.15) is 28.4 Å². The second kappa shape index (κ2) is 8.27. The predicted molar refractivity (Wildman–Crippen MR) is 107 cm³/mol. The van der Waals surface area contributed by atoms with E-state index in [0.29, 0.717) is 17.8 Å². The molecule has 0 spiro atoms. The first-order valence-electron chi connectivity index (χ1n) is 8.69. The van der Waals surface area contributed by atoms with Crippen molar-refractivity contribution in [2.45, 2.75) is 20.3 Å². The van der Waals surface area contributed by atoms with E-state index in [1.807, 2.05) is 49.4 Å². The maximum absolute atomic E-state index is 12.1. The van der Waals surface area contributed by atoms with Crippen molar-refractivity contribution >= 4 is 28.9 Å². The summed E-state index contributed by atoms with van der Waals surface area (Å²) < 4.78 is 0. The molecule has 0 unspecified atom stereocenters. The van der Waals surface area contributed by atoms with Crippen molar-refractivity contribution in [1.82, 2.24) is 4.98 Å². The summed E-state index contributed by atoms with van der Waals surface area (Å²) in [6, 6.07) is 18.7. The van der Waals surface area contributed by atoms with Crippen LogP contribution in [0.25, 0.3) is 0 Å². The number of hydrogen-bond acceptors (Lipinski definition) is 4. The van der Waals surface area contributed by atoms with E-state index < -0.39 is 0 Å². The number of carbonyl (C=O) groups is 2. The van der Waals surface area contributed by atoms with Crippen molar-refractivity contribution in [2.75, 3.05) is 10.6 Å². The molecule has 1 heterocycles. The average molecular weight is 359 g/mol. The van der Waals surface area contributed by atoms with Gasteiger partial charge in [-0.2, -0.15) is 0 Å². The zero-order valence-corrected chi connectivity index (χ0v) is 15.3. The predicted octanol–water partition coefficient (Wildman–Crippen LogP) is 4.52. The van der Waals surface area contributed by atoms with Gasteiger partial charge in [0, 0.05) is 11.3 Å². The van der Waals surface area contributed by atoms with Crippen LogP contribution in [0.5, 0.6) is 0 Å². The molecule has 3 rings (SSSR count). The van der Waals surface area contributed by atoms with Gasteiger partial charge in [0.2, 0.25) is 5.91 Å². The lowest BCUT2D eigenvalue weighted by Crippen LogP contribution is -2.15. The molecule has 0 aliphatic heterocycles. The molecule has 1 aromatic heterocycles. The van der Waals surface area contributed by atoms with Gasteiger partial charge in [0.1, 0.15) is 5.82 Å². The fourth-order valence-corrected chi connectivity index (χ4v) is 2.60. The summed E-state index contributed by atoms with van der Waals surface area (Å²) in [5.41, 5.74) is 4.35. The Kier molecular flexibility index (Phi) is 5.61. The summed E-state index contributed by atoms with van der Waals surface area (Å²) in [6.45, 7) is 3.55. The van der Waals surface area contributed by atoms with E-state index in [9.17, 15) is 9.59 Å². The van der Waals surface area contributed by atoms with Crippen molar-refractivity contribution in [3.8, 4) is 0 Å². The number of pyridine rings is 1. The number of Topliss-reactive ketones (excluding diaryl/α,β-unsaturated/α-hetero) is 1. The van der Waals surface area contributed by atoms with E-state index >= 15 is 0 Å². The van der Waals surface area contributed by atoms with E-state index in [1.54, 1.807) is 24.4 Å². The van der Waals surface area contributed by atoms with Gasteiger partial charge in [0.25, 0.3) is 0 Å². The van der Waals surface area contributed by atoms with Crippen molar-refractivity contribution in [1.29, 1.82) is 0 Å². The number of anilines is 3. The molecule has 5 heteroatoms. The zero-order chi connectivity index (χ0) is 19.2. The van der Waals surface area contributed by atoms with Crippen molar-refractivity contribution in [3.63, 3.8) is 0 Å². The van der Waals surface area contributed by atoms with Crippen molar-refractivity contribution in [2.24, 2.45) is 0 Å². The Morgan fingerprint density at radius 1 is 0.963 bits per heavy atom. The normalized spacial score (nSPS) is 10.3. The first kappa shape index (κ1) is 18.3. The molecule has 0 radical (unpaired) electrons. The van der Waals surface area contributed by atoms with E-state index in [4.69, 9.17) is 0 Å². The Labute approximate surface area is 158 Å². The number of nitrogens with zero attached hydrogens (tertiary/aromatic N) is 1. The highest BCUT2D eigenvalue weighted by atomic mass is 16.1. The monoisotopic (exact) mass is 359 g/mol. The molecular formula is C22H21N3O2. The highest BCUT2D eigenvalue weighted by Gasteiger charge is 2.06. The van der Waals surface area contributed by atoms with Gasteiger partial charge in [0.05, 0.1) is 18.3 Å². The van der Waals surface area contributed by atoms with E-state index in [0.717, 1.165) is 22.5 Å². The number of aromatic nitrogens is 1. The van der Waals surface area contributed by atoms with Gasteiger partial charge in [-0.3, -0.25) is 9.59 Å². The number of ketones is 1. The molecule has 0 saturated heterocycles. The lowest BCUT2D eigenvalue weighted by molar-refractivity contribution is -0.115. The van der Waals surface area contributed by atoms with Crippen LogP contribution in [0.4, 0.5) is 17.2 Å². The number of benzene rings is 2. The second-order valence-corrected chi connectivity index (χ2v) is 6.40. The molecule has 0 saturated carbocycles. The minimum atomic E-state index is -0.110. The minimum Gasteiger partial charge on any atom is -0.354 e. The van der Waals surface area contributed by atoms with Crippen LogP contribution < -0.4 is 10.6 Å². The summed E-state index contributed by atoms with van der Waals surface area (Å²) in [7, 11) is 0. The average Bonchev–Trinajstić information content (AvgIpc) is 2.65. The van der Waals surface area contributed by atoms with Crippen LogP contribution in [-0.2, 0) is 11.2 Å². The fraction of sp³-hybridized carbons (Fsp3) is 0.136. The molecule has 0 bridgehead atoms. The van der Waals surface area contributed by atoms with Gasteiger partial charge in [-0.1, -0.05) is 42.0 Å². The summed E-state index contributed by atoms with van der Waals surface area (Å²) in [5.74, 6) is 0.403. The Hall–Kier alpha value is -3.47. The van der Waals surface area contributed by atoms with Crippen LogP contribution in [0.15, 0.2) is 66.9 Å². The third-order valence-corrected chi connectivity index (χ3v) is 4.07. The maximum atomic E-state index is 12.1. The molecular weight excluding hydrogens is 338 g/mol. The molecule has 27 heavy (non-hydrogen) atoms. The molecule has 1 amide bonds. The summed E-state index contributed by atoms with van der Waals surface area (Å²) >= 11 is 0. The Bertz CT molecular complexity index is 948. The van der Waals surface area contributed by atoms with Crippen LogP contribution in [0.3, 0.4) is 0 Å². The number of hydrogen-bond donors (Lipinski definition) is 2. The second-order valence-electron chi connectivity index (χ2n) is 6.40. The number of amides is 1. The summed E-state index contributed by atoms with van der Waals surface area (Å²) in [5, 5.41) is 6.00. The quantitative estimate of drug-likeness (QED) is 0.635. The van der Waals surface area contributed by atoms with E-state index in [1.165, 1.54) is 6.92 Å². The maximum Gasteiger partial charge on any atom is 0.229 e. The van der Waals surface area contributed by atoms with Crippen molar-refractivity contribution in [3.05, 3.63) is 83.6 Å². The van der Waals surface area contributed by atoms with Crippen LogP contribution in [0, 0.1) is 6.92 Å². The summed E-state index contributed by atoms with van der Waals surface area (Å²) in [6.07, 6.45) is 1.95. The van der Waals surface area contributed by atoms with Gasteiger partial charge in [-0.15, -0.1) is 0 Å². The van der Waals surface area contributed by atoms with Gasteiger partial charge in [0.15, 0.2) is 5.78 Å². The lowest BCUT2D eigenvalue weighted by atomic mass is 10.1. The standard InChI is InChI=1S/C22H21N3O2/c1-15-6-8-17(9-7-15)12-22(27)25-21-11-10-20(14-23-21)24-19-5-3-4-18(13-19)16(2)26/h3-11,13-14,24H,12H2,1-2H3,(H,23,25,27). The number of aryl methyl sites for hydroxylation is 1. The highest BCUT2D eigenvalue weighted by molar-refractivity contribution is 5.95. The fourth-order valence-electron chi connectivity index (χ4n) is 2.60. The SMILES string of the molecule is CC(=O)c1cccc(Nc2ccc(NC(=O)Cc3ccc(C)cc3)nc2)c1. The molecule has 2 aromatic carbocycles. The van der Waals surface area contributed by atoms with E-state index in [-0.39, 0.29) is 11.7 Å². The molecule has 0 aliphatic carbocycles. The van der Waals surface area contributed by atoms with Crippen LogP contribution in [-0.4, -0.2) is 16.7 Å². The smallest absolute Gasteiger partial charge is 0.229 e. The Morgan fingerprint density at radius 3 is 2.41 bits per heavy atom. The van der Waals surface area contributed by atoms with Crippen molar-refractivity contribution < 1.29 is 9.59 Å². The lowest BCUT2D eigenvalue weighted by Gasteiger charge is -2.09. The zero-order valence-electron chi connectivity index (χ0n) is 15.3.